The fraction of sp³-hybridized carbons (Fsp3) is 0.300. The molecule has 1 aromatic carbocycles. The van der Waals surface area contributed by atoms with E-state index >= 15 is 0 Å². The van der Waals surface area contributed by atoms with Gasteiger partial charge in [0, 0.05) is 0 Å². The van der Waals surface area contributed by atoms with Crippen molar-refractivity contribution in [3.8, 4) is 0 Å². The van der Waals surface area contributed by atoms with Crippen LogP contribution in [-0.2, 0) is 4.79 Å². The van der Waals surface area contributed by atoms with E-state index < -0.39 is 0 Å². The van der Waals surface area contributed by atoms with Crippen LogP contribution in [-0.4, -0.2) is 10.6 Å². The molecular weight excluding hydrogens is 296 g/mol. The Kier molecular flexibility index (Phi) is 4.13. The molecule has 1 nitrogen and oxygen atoms in total. The summed E-state index contributed by atoms with van der Waals surface area (Å²) in [6.45, 7) is 1.83. The van der Waals surface area contributed by atoms with Crippen molar-refractivity contribution in [1.82, 2.24) is 0 Å². The van der Waals surface area contributed by atoms with Crippen LogP contribution in [0.25, 0.3) is 0 Å². The minimum absolute atomic E-state index is 0.114. The number of benzene rings is 1. The topological polar surface area (TPSA) is 17.1 Å². The average molecular weight is 306 g/mol. The van der Waals surface area contributed by atoms with Crippen molar-refractivity contribution in [1.29, 1.82) is 0 Å². The van der Waals surface area contributed by atoms with Gasteiger partial charge < -0.3 is 0 Å². The third kappa shape index (κ3) is 2.92. The van der Waals surface area contributed by atoms with E-state index in [-0.39, 0.29) is 15.4 Å². The van der Waals surface area contributed by atoms with Crippen LogP contribution in [0.15, 0.2) is 30.3 Å². The number of alkyl halides is 2. The molecule has 70 valence electrons. The molecule has 0 saturated carbocycles. The van der Waals surface area contributed by atoms with Crippen LogP contribution in [0.5, 0.6) is 0 Å². The summed E-state index contributed by atoms with van der Waals surface area (Å²) in [7, 11) is 0. The lowest BCUT2D eigenvalue weighted by Crippen LogP contribution is -2.15. The van der Waals surface area contributed by atoms with E-state index in [4.69, 9.17) is 0 Å². The number of halogens is 2. The van der Waals surface area contributed by atoms with Gasteiger partial charge in [0.2, 0.25) is 0 Å². The van der Waals surface area contributed by atoms with Crippen molar-refractivity contribution >= 4 is 37.6 Å². The Bertz CT molecular complexity index is 282. The van der Waals surface area contributed by atoms with E-state index in [1.165, 1.54) is 0 Å². The molecule has 0 fully saturated rings. The summed E-state index contributed by atoms with van der Waals surface area (Å²) in [4.78, 5) is 11.2. The van der Waals surface area contributed by atoms with Gasteiger partial charge in [-0.05, 0) is 12.5 Å². The quantitative estimate of drug-likeness (QED) is 0.782. The summed E-state index contributed by atoms with van der Waals surface area (Å²) in [5, 5.41) is 0. The Labute approximate surface area is 94.8 Å². The van der Waals surface area contributed by atoms with Crippen LogP contribution in [0.4, 0.5) is 0 Å². The Morgan fingerprint density at radius 2 is 1.77 bits per heavy atom. The Morgan fingerprint density at radius 3 is 2.23 bits per heavy atom. The zero-order valence-electron chi connectivity index (χ0n) is 7.21. The van der Waals surface area contributed by atoms with Crippen LogP contribution < -0.4 is 0 Å². The van der Waals surface area contributed by atoms with Crippen molar-refractivity contribution in [3.05, 3.63) is 35.9 Å². The zero-order chi connectivity index (χ0) is 9.84. The SMILES string of the molecule is CC(Br)C(=O)C(Br)c1ccccc1. The van der Waals surface area contributed by atoms with Gasteiger partial charge in [0.15, 0.2) is 5.78 Å². The summed E-state index contributed by atoms with van der Waals surface area (Å²) in [6, 6.07) is 9.66. The standard InChI is InChI=1S/C10H10Br2O/c1-7(11)10(13)9(12)8-5-3-2-4-6-8/h2-7,9H,1H3. The molecule has 3 heteroatoms. The third-order valence-electron chi connectivity index (χ3n) is 1.73. The van der Waals surface area contributed by atoms with Gasteiger partial charge in [-0.1, -0.05) is 62.2 Å². The van der Waals surface area contributed by atoms with Gasteiger partial charge in [-0.15, -0.1) is 0 Å². The van der Waals surface area contributed by atoms with Crippen molar-refractivity contribution in [2.24, 2.45) is 0 Å². The molecule has 0 aromatic heterocycles. The zero-order valence-corrected chi connectivity index (χ0v) is 10.4. The normalized spacial score (nSPS) is 15.0. The van der Waals surface area contributed by atoms with Crippen molar-refractivity contribution in [2.45, 2.75) is 16.6 Å². The van der Waals surface area contributed by atoms with Gasteiger partial charge in [0.05, 0.1) is 9.65 Å². The molecule has 0 saturated heterocycles. The fourth-order valence-electron chi connectivity index (χ4n) is 0.988. The number of carbonyl (C=O) groups excluding carboxylic acids is 1. The smallest absolute Gasteiger partial charge is 0.164 e. The van der Waals surface area contributed by atoms with E-state index in [0.29, 0.717) is 0 Å². The molecule has 0 aliphatic rings. The predicted octanol–water partition coefficient (Wildman–Crippen LogP) is 3.48. The van der Waals surface area contributed by atoms with Gasteiger partial charge >= 0.3 is 0 Å². The number of ketones is 1. The highest BCUT2D eigenvalue weighted by Crippen LogP contribution is 2.26. The van der Waals surface area contributed by atoms with Crippen molar-refractivity contribution < 1.29 is 4.79 Å². The van der Waals surface area contributed by atoms with Crippen LogP contribution in [0.1, 0.15) is 17.3 Å². The number of Topliss-reactive ketones (excluding diaryl/α,β-unsaturated/α-hetero) is 1. The molecule has 0 aliphatic heterocycles. The Hall–Kier alpha value is -0.150. The van der Waals surface area contributed by atoms with Crippen molar-refractivity contribution in [3.63, 3.8) is 0 Å². The Balaban J connectivity index is 2.80. The lowest BCUT2D eigenvalue weighted by atomic mass is 10.1. The molecule has 2 atom stereocenters. The number of hydrogen-bond acceptors (Lipinski definition) is 1. The minimum Gasteiger partial charge on any atom is -0.297 e. The fourth-order valence-corrected chi connectivity index (χ4v) is 2.31. The first-order valence-electron chi connectivity index (χ1n) is 3.99. The summed E-state index contributed by atoms with van der Waals surface area (Å²) in [5.41, 5.74) is 0.999. The summed E-state index contributed by atoms with van der Waals surface area (Å²) >= 11 is 6.63. The summed E-state index contributed by atoms with van der Waals surface area (Å²) < 4.78 is 0. The van der Waals surface area contributed by atoms with Gasteiger partial charge in [0.1, 0.15) is 0 Å². The number of hydrogen-bond donors (Lipinski definition) is 0. The maximum absolute atomic E-state index is 11.5. The molecule has 0 spiro atoms. The molecule has 0 aliphatic carbocycles. The van der Waals surface area contributed by atoms with Gasteiger partial charge in [-0.3, -0.25) is 4.79 Å². The number of carbonyl (C=O) groups is 1. The number of rotatable bonds is 3. The monoisotopic (exact) mass is 304 g/mol. The lowest BCUT2D eigenvalue weighted by molar-refractivity contribution is -0.117. The van der Waals surface area contributed by atoms with E-state index in [1.807, 2.05) is 37.3 Å². The minimum atomic E-state index is -0.205. The van der Waals surface area contributed by atoms with Crippen LogP contribution in [0.2, 0.25) is 0 Å². The van der Waals surface area contributed by atoms with Gasteiger partial charge in [-0.25, -0.2) is 0 Å². The van der Waals surface area contributed by atoms with E-state index in [2.05, 4.69) is 31.9 Å². The molecule has 0 heterocycles. The van der Waals surface area contributed by atoms with Crippen LogP contribution in [0.3, 0.4) is 0 Å². The Morgan fingerprint density at radius 1 is 1.23 bits per heavy atom. The second kappa shape index (κ2) is 4.91. The van der Waals surface area contributed by atoms with E-state index in [9.17, 15) is 4.79 Å². The molecular formula is C10H10Br2O. The predicted molar refractivity (Wildman–Crippen MR) is 61.5 cm³/mol. The van der Waals surface area contributed by atoms with Gasteiger partial charge in [0.25, 0.3) is 0 Å². The first-order chi connectivity index (χ1) is 6.13. The molecule has 13 heavy (non-hydrogen) atoms. The highest BCUT2D eigenvalue weighted by molar-refractivity contribution is 9.10. The molecule has 1 rings (SSSR count). The summed E-state index contributed by atoms with van der Waals surface area (Å²) in [6.07, 6.45) is 0. The van der Waals surface area contributed by atoms with E-state index in [0.717, 1.165) is 5.56 Å². The summed E-state index contributed by atoms with van der Waals surface area (Å²) in [5.74, 6) is 0.145. The third-order valence-corrected chi connectivity index (χ3v) is 3.17. The second-order valence-corrected chi connectivity index (χ2v) is 5.08. The largest absolute Gasteiger partial charge is 0.297 e. The molecule has 0 bridgehead atoms. The maximum atomic E-state index is 11.5. The second-order valence-electron chi connectivity index (χ2n) is 2.79. The molecule has 1 aromatic rings. The first-order valence-corrected chi connectivity index (χ1v) is 5.83. The molecule has 0 amide bonds. The van der Waals surface area contributed by atoms with E-state index in [1.54, 1.807) is 0 Å². The molecule has 0 N–H and O–H groups in total. The van der Waals surface area contributed by atoms with Crippen LogP contribution in [0, 0.1) is 0 Å². The first kappa shape index (κ1) is 10.9. The van der Waals surface area contributed by atoms with Crippen molar-refractivity contribution in [2.75, 3.05) is 0 Å². The lowest BCUT2D eigenvalue weighted by Gasteiger charge is -2.10. The average Bonchev–Trinajstić information content (AvgIpc) is 2.17. The van der Waals surface area contributed by atoms with Gasteiger partial charge in [-0.2, -0.15) is 0 Å². The van der Waals surface area contributed by atoms with Crippen LogP contribution >= 0.6 is 31.9 Å². The highest BCUT2D eigenvalue weighted by Gasteiger charge is 2.20. The highest BCUT2D eigenvalue weighted by atomic mass is 79.9. The maximum Gasteiger partial charge on any atom is 0.164 e. The molecule has 0 radical (unpaired) electrons. The molecule has 2 unspecified atom stereocenters.